The highest BCUT2D eigenvalue weighted by molar-refractivity contribution is 5.81. The van der Waals surface area contributed by atoms with Crippen LogP contribution in [-0.4, -0.2) is 46.0 Å². The first kappa shape index (κ1) is 13.8. The summed E-state index contributed by atoms with van der Waals surface area (Å²) in [5.74, 6) is -1.10. The van der Waals surface area contributed by atoms with Crippen LogP contribution >= 0.6 is 0 Å². The number of hydrogen-bond acceptors (Lipinski definition) is 4. The molecule has 0 unspecified atom stereocenters. The predicted molar refractivity (Wildman–Crippen MR) is 59.5 cm³/mol. The second-order valence-electron chi connectivity index (χ2n) is 5.46. The van der Waals surface area contributed by atoms with E-state index in [1.807, 2.05) is 0 Å². The lowest BCUT2D eigenvalue weighted by Crippen LogP contribution is -2.52. The van der Waals surface area contributed by atoms with Gasteiger partial charge in [-0.2, -0.15) is 0 Å². The summed E-state index contributed by atoms with van der Waals surface area (Å²) in [4.78, 5) is 24.1. The first-order valence-corrected chi connectivity index (χ1v) is 5.44. The van der Waals surface area contributed by atoms with Crippen LogP contribution in [0.2, 0.25) is 0 Å². The van der Waals surface area contributed by atoms with E-state index in [9.17, 15) is 9.59 Å². The Hall–Kier alpha value is -1.30. The second kappa shape index (κ2) is 4.18. The van der Waals surface area contributed by atoms with Crippen molar-refractivity contribution in [3.05, 3.63) is 0 Å². The molecular weight excluding hydrogens is 226 g/mol. The van der Waals surface area contributed by atoms with Crippen LogP contribution in [0.1, 0.15) is 34.6 Å². The molecule has 0 aromatic carbocycles. The molecule has 0 spiro atoms. The average Bonchev–Trinajstić information content (AvgIpc) is 2.37. The summed E-state index contributed by atoms with van der Waals surface area (Å²) in [6.07, 6.45) is -0.674. The maximum absolute atomic E-state index is 12.0. The summed E-state index contributed by atoms with van der Waals surface area (Å²) in [5.41, 5.74) is -1.63. The first-order valence-electron chi connectivity index (χ1n) is 5.44. The number of hydrogen-bond donors (Lipinski definition) is 1. The number of carboxylic acids is 1. The molecule has 1 rings (SSSR count). The summed E-state index contributed by atoms with van der Waals surface area (Å²) in [6.45, 7) is 8.43. The topological polar surface area (TPSA) is 76.1 Å². The molecule has 0 bridgehead atoms. The molecule has 1 heterocycles. The van der Waals surface area contributed by atoms with Crippen molar-refractivity contribution in [3.63, 3.8) is 0 Å². The summed E-state index contributed by atoms with van der Waals surface area (Å²) in [5, 5.41) is 9.03. The average molecular weight is 245 g/mol. The van der Waals surface area contributed by atoms with Gasteiger partial charge in [-0.25, -0.2) is 9.59 Å². The third kappa shape index (κ3) is 3.09. The maximum atomic E-state index is 12.0. The molecule has 98 valence electrons. The highest BCUT2D eigenvalue weighted by Crippen LogP contribution is 2.29. The smallest absolute Gasteiger partial charge is 0.413 e. The van der Waals surface area contributed by atoms with Crippen molar-refractivity contribution in [1.82, 2.24) is 4.90 Å². The van der Waals surface area contributed by atoms with Gasteiger partial charge in [0.25, 0.3) is 0 Å². The fourth-order valence-corrected chi connectivity index (χ4v) is 1.64. The summed E-state index contributed by atoms with van der Waals surface area (Å²) < 4.78 is 10.5. The van der Waals surface area contributed by atoms with Gasteiger partial charge >= 0.3 is 12.1 Å². The van der Waals surface area contributed by atoms with Crippen molar-refractivity contribution < 1.29 is 24.2 Å². The van der Waals surface area contributed by atoms with E-state index in [1.54, 1.807) is 34.6 Å². The van der Waals surface area contributed by atoms with Crippen LogP contribution < -0.4 is 0 Å². The molecule has 1 aliphatic heterocycles. The lowest BCUT2D eigenvalue weighted by Gasteiger charge is -2.33. The Kier molecular flexibility index (Phi) is 3.38. The fraction of sp³-hybridized carbons (Fsp3) is 0.818. The molecule has 0 radical (unpaired) electrons. The van der Waals surface area contributed by atoms with Gasteiger partial charge in [-0.15, -0.1) is 0 Å². The Labute approximate surface area is 100 Å². The molecule has 1 saturated heterocycles. The van der Waals surface area contributed by atoms with Crippen molar-refractivity contribution in [2.24, 2.45) is 0 Å². The standard InChI is InChI=1S/C11H19NO5/c1-10(2,3)17-9(15)12-7(8(13)14)6-16-11(12,4)5/h7H,6H2,1-5H3,(H,13,14)/t7-/m0/s1. The molecule has 0 aromatic heterocycles. The van der Waals surface area contributed by atoms with Crippen LogP contribution in [0.25, 0.3) is 0 Å². The van der Waals surface area contributed by atoms with E-state index in [4.69, 9.17) is 14.6 Å². The molecule has 1 aliphatic rings. The number of amides is 1. The van der Waals surface area contributed by atoms with Gasteiger partial charge in [0.1, 0.15) is 11.3 Å². The Bertz CT molecular complexity index is 331. The van der Waals surface area contributed by atoms with Gasteiger partial charge < -0.3 is 14.6 Å². The van der Waals surface area contributed by atoms with Crippen LogP contribution in [-0.2, 0) is 14.3 Å². The van der Waals surface area contributed by atoms with Crippen LogP contribution in [0.5, 0.6) is 0 Å². The van der Waals surface area contributed by atoms with E-state index in [0.717, 1.165) is 4.90 Å². The molecule has 17 heavy (non-hydrogen) atoms. The van der Waals surface area contributed by atoms with Gasteiger partial charge in [0.05, 0.1) is 6.61 Å². The van der Waals surface area contributed by atoms with Crippen molar-refractivity contribution in [2.75, 3.05) is 6.61 Å². The number of ether oxygens (including phenoxy) is 2. The summed E-state index contributed by atoms with van der Waals surface area (Å²) >= 11 is 0. The third-order valence-electron chi connectivity index (χ3n) is 2.36. The molecule has 6 heteroatoms. The van der Waals surface area contributed by atoms with Crippen LogP contribution in [0.3, 0.4) is 0 Å². The Morgan fingerprint density at radius 1 is 1.41 bits per heavy atom. The summed E-state index contributed by atoms with van der Waals surface area (Å²) in [6, 6.07) is -1.00. The van der Waals surface area contributed by atoms with E-state index in [1.165, 1.54) is 0 Å². The Morgan fingerprint density at radius 3 is 2.35 bits per heavy atom. The van der Waals surface area contributed by atoms with Crippen LogP contribution in [0.15, 0.2) is 0 Å². The van der Waals surface area contributed by atoms with Crippen molar-refractivity contribution >= 4 is 12.1 Å². The maximum Gasteiger partial charge on any atom is 0.413 e. The molecule has 1 amide bonds. The normalized spacial score (nSPS) is 23.6. The first-order chi connectivity index (χ1) is 7.54. The highest BCUT2D eigenvalue weighted by Gasteiger charge is 2.48. The lowest BCUT2D eigenvalue weighted by atomic mass is 10.2. The summed E-state index contributed by atoms with van der Waals surface area (Å²) in [7, 11) is 0. The molecule has 0 aliphatic carbocycles. The van der Waals surface area contributed by atoms with E-state index in [2.05, 4.69) is 0 Å². The van der Waals surface area contributed by atoms with E-state index >= 15 is 0 Å². The van der Waals surface area contributed by atoms with Crippen molar-refractivity contribution in [3.8, 4) is 0 Å². The van der Waals surface area contributed by atoms with Gasteiger partial charge in [-0.05, 0) is 34.6 Å². The van der Waals surface area contributed by atoms with Gasteiger partial charge in [-0.3, -0.25) is 4.90 Å². The molecular formula is C11H19NO5. The zero-order valence-corrected chi connectivity index (χ0v) is 10.8. The lowest BCUT2D eigenvalue weighted by molar-refractivity contribution is -0.143. The number of carbonyl (C=O) groups is 2. The van der Waals surface area contributed by atoms with Crippen molar-refractivity contribution in [2.45, 2.75) is 52.0 Å². The minimum absolute atomic E-state index is 0.0262. The highest BCUT2D eigenvalue weighted by atomic mass is 16.6. The van der Waals surface area contributed by atoms with E-state index < -0.39 is 29.4 Å². The van der Waals surface area contributed by atoms with Gasteiger partial charge in [0.15, 0.2) is 6.04 Å². The Morgan fingerprint density at radius 2 is 1.94 bits per heavy atom. The molecule has 1 fully saturated rings. The number of nitrogens with zero attached hydrogens (tertiary/aromatic N) is 1. The van der Waals surface area contributed by atoms with Gasteiger partial charge in [0, 0.05) is 0 Å². The van der Waals surface area contributed by atoms with Crippen LogP contribution in [0, 0.1) is 0 Å². The van der Waals surface area contributed by atoms with Crippen LogP contribution in [0.4, 0.5) is 4.79 Å². The zero-order valence-electron chi connectivity index (χ0n) is 10.8. The van der Waals surface area contributed by atoms with Gasteiger partial charge in [-0.1, -0.05) is 0 Å². The molecule has 0 saturated carbocycles. The molecule has 1 atom stereocenters. The number of carbonyl (C=O) groups excluding carboxylic acids is 1. The Balaban J connectivity index is 2.90. The number of aliphatic carboxylic acids is 1. The minimum atomic E-state index is -1.10. The molecule has 1 N–H and O–H groups in total. The van der Waals surface area contributed by atoms with E-state index in [-0.39, 0.29) is 6.61 Å². The molecule has 0 aromatic rings. The number of rotatable bonds is 1. The van der Waals surface area contributed by atoms with Crippen molar-refractivity contribution in [1.29, 1.82) is 0 Å². The monoisotopic (exact) mass is 245 g/mol. The largest absolute Gasteiger partial charge is 0.480 e. The SMILES string of the molecule is CC(C)(C)OC(=O)N1[C@H](C(=O)O)COC1(C)C. The molecule has 6 nitrogen and oxygen atoms in total. The van der Waals surface area contributed by atoms with Gasteiger partial charge in [0.2, 0.25) is 0 Å². The minimum Gasteiger partial charge on any atom is -0.480 e. The zero-order chi connectivity index (χ0) is 13.4. The predicted octanol–water partition coefficient (Wildman–Crippen LogP) is 1.44. The fourth-order valence-electron chi connectivity index (χ4n) is 1.64. The van der Waals surface area contributed by atoms with E-state index in [0.29, 0.717) is 0 Å². The third-order valence-corrected chi connectivity index (χ3v) is 2.36. The number of carboxylic acid groups (broad SMARTS) is 1. The quantitative estimate of drug-likeness (QED) is 0.756. The second-order valence-corrected chi connectivity index (χ2v) is 5.46.